The van der Waals surface area contributed by atoms with E-state index >= 15 is 0 Å². The molecule has 4 heteroatoms. The predicted octanol–water partition coefficient (Wildman–Crippen LogP) is 2.26. The van der Waals surface area contributed by atoms with Crippen LogP contribution in [0.2, 0.25) is 0 Å². The summed E-state index contributed by atoms with van der Waals surface area (Å²) in [6.07, 6.45) is 1.67. The molecule has 17 heavy (non-hydrogen) atoms. The van der Waals surface area contributed by atoms with Crippen molar-refractivity contribution < 1.29 is 0 Å². The summed E-state index contributed by atoms with van der Waals surface area (Å²) in [5, 5.41) is 0. The van der Waals surface area contributed by atoms with E-state index in [1.54, 1.807) is 12.3 Å². The van der Waals surface area contributed by atoms with Crippen LogP contribution < -0.4 is 10.6 Å². The number of hydrogen-bond donors (Lipinski definition) is 1. The summed E-state index contributed by atoms with van der Waals surface area (Å²) in [5.74, 6) is 1.13. The average molecular weight is 228 g/mol. The zero-order valence-electron chi connectivity index (χ0n) is 10.0. The molecule has 0 aliphatic carbocycles. The van der Waals surface area contributed by atoms with Gasteiger partial charge in [-0.25, -0.2) is 4.98 Å². The van der Waals surface area contributed by atoms with Crippen LogP contribution in [-0.2, 0) is 0 Å². The van der Waals surface area contributed by atoms with Crippen molar-refractivity contribution in [2.75, 3.05) is 17.7 Å². The lowest BCUT2D eigenvalue weighted by Gasteiger charge is -2.25. The van der Waals surface area contributed by atoms with E-state index in [0.717, 1.165) is 0 Å². The van der Waals surface area contributed by atoms with Gasteiger partial charge in [-0.1, -0.05) is 30.3 Å². The van der Waals surface area contributed by atoms with Crippen LogP contribution in [0.5, 0.6) is 0 Å². The molecule has 2 rings (SSSR count). The van der Waals surface area contributed by atoms with E-state index in [4.69, 9.17) is 5.73 Å². The van der Waals surface area contributed by atoms with Crippen molar-refractivity contribution in [3.63, 3.8) is 0 Å². The minimum Gasteiger partial charge on any atom is -0.384 e. The van der Waals surface area contributed by atoms with Crippen molar-refractivity contribution >= 4 is 11.8 Å². The van der Waals surface area contributed by atoms with E-state index < -0.39 is 0 Å². The Morgan fingerprint density at radius 2 is 1.88 bits per heavy atom. The fourth-order valence-corrected chi connectivity index (χ4v) is 1.66. The summed E-state index contributed by atoms with van der Waals surface area (Å²) in [4.78, 5) is 10.4. The summed E-state index contributed by atoms with van der Waals surface area (Å²) >= 11 is 0. The third kappa shape index (κ3) is 2.53. The number of anilines is 2. The molecule has 0 aliphatic rings. The second-order valence-corrected chi connectivity index (χ2v) is 3.98. The fourth-order valence-electron chi connectivity index (χ4n) is 1.66. The second kappa shape index (κ2) is 4.82. The molecule has 1 heterocycles. The summed E-state index contributed by atoms with van der Waals surface area (Å²) in [7, 11) is 1.96. The molecular weight excluding hydrogens is 212 g/mol. The molecule has 2 N–H and O–H groups in total. The number of benzene rings is 1. The predicted molar refractivity (Wildman–Crippen MR) is 69.7 cm³/mol. The Morgan fingerprint density at radius 1 is 1.18 bits per heavy atom. The lowest BCUT2D eigenvalue weighted by Crippen LogP contribution is -2.23. The average Bonchev–Trinajstić information content (AvgIpc) is 2.38. The minimum atomic E-state index is 0.206. The highest BCUT2D eigenvalue weighted by Gasteiger charge is 2.14. The molecule has 0 radical (unpaired) electrons. The van der Waals surface area contributed by atoms with E-state index in [1.165, 1.54) is 5.56 Å². The first-order valence-electron chi connectivity index (χ1n) is 5.55. The zero-order chi connectivity index (χ0) is 12.3. The Morgan fingerprint density at radius 3 is 2.53 bits per heavy atom. The van der Waals surface area contributed by atoms with Crippen LogP contribution in [0.15, 0.2) is 42.6 Å². The highest BCUT2D eigenvalue weighted by Crippen LogP contribution is 2.22. The van der Waals surface area contributed by atoms with Crippen LogP contribution >= 0.6 is 0 Å². The molecule has 0 aliphatic heterocycles. The van der Waals surface area contributed by atoms with Crippen molar-refractivity contribution in [3.05, 3.63) is 48.2 Å². The number of aromatic nitrogens is 2. The molecule has 4 nitrogen and oxygen atoms in total. The molecule has 0 bridgehead atoms. The Bertz CT molecular complexity index is 484. The number of nitrogen functional groups attached to an aromatic ring is 1. The zero-order valence-corrected chi connectivity index (χ0v) is 10.0. The van der Waals surface area contributed by atoms with Gasteiger partial charge in [-0.15, -0.1) is 0 Å². The SMILES string of the molecule is C[C@H](c1ccccc1)N(C)c1nccc(N)n1. The van der Waals surface area contributed by atoms with E-state index in [-0.39, 0.29) is 6.04 Å². The highest BCUT2D eigenvalue weighted by molar-refractivity contribution is 5.39. The molecule has 0 saturated carbocycles. The molecule has 0 fully saturated rings. The van der Waals surface area contributed by atoms with Crippen molar-refractivity contribution in [2.24, 2.45) is 0 Å². The quantitative estimate of drug-likeness (QED) is 0.875. The van der Waals surface area contributed by atoms with Crippen LogP contribution in [0, 0.1) is 0 Å². The van der Waals surface area contributed by atoms with Gasteiger partial charge in [0.1, 0.15) is 5.82 Å². The normalized spacial score (nSPS) is 12.1. The first-order valence-corrected chi connectivity index (χ1v) is 5.55. The second-order valence-electron chi connectivity index (χ2n) is 3.98. The van der Waals surface area contributed by atoms with E-state index in [0.29, 0.717) is 11.8 Å². The van der Waals surface area contributed by atoms with E-state index in [2.05, 4.69) is 29.0 Å². The van der Waals surface area contributed by atoms with Crippen molar-refractivity contribution in [1.29, 1.82) is 0 Å². The topological polar surface area (TPSA) is 55.0 Å². The van der Waals surface area contributed by atoms with Crippen LogP contribution in [0.25, 0.3) is 0 Å². The smallest absolute Gasteiger partial charge is 0.227 e. The van der Waals surface area contributed by atoms with Gasteiger partial charge in [-0.05, 0) is 18.6 Å². The summed E-state index contributed by atoms with van der Waals surface area (Å²) in [6, 6.07) is 12.1. The van der Waals surface area contributed by atoms with Crippen LogP contribution in [-0.4, -0.2) is 17.0 Å². The summed E-state index contributed by atoms with van der Waals surface area (Å²) in [6.45, 7) is 2.11. The minimum absolute atomic E-state index is 0.206. The van der Waals surface area contributed by atoms with Crippen molar-refractivity contribution in [1.82, 2.24) is 9.97 Å². The number of hydrogen-bond acceptors (Lipinski definition) is 4. The van der Waals surface area contributed by atoms with Crippen molar-refractivity contribution in [2.45, 2.75) is 13.0 Å². The van der Waals surface area contributed by atoms with Gasteiger partial charge in [-0.2, -0.15) is 4.98 Å². The molecule has 1 aromatic heterocycles. The monoisotopic (exact) mass is 228 g/mol. The molecule has 1 aromatic carbocycles. The van der Waals surface area contributed by atoms with Gasteiger partial charge in [0.25, 0.3) is 0 Å². The highest BCUT2D eigenvalue weighted by atomic mass is 15.3. The van der Waals surface area contributed by atoms with Gasteiger partial charge in [0.05, 0.1) is 6.04 Å². The van der Waals surface area contributed by atoms with Gasteiger partial charge in [-0.3, -0.25) is 0 Å². The Hall–Kier alpha value is -2.10. The first kappa shape index (κ1) is 11.4. The molecule has 88 valence electrons. The van der Waals surface area contributed by atoms with Gasteiger partial charge in [0, 0.05) is 13.2 Å². The third-order valence-electron chi connectivity index (χ3n) is 2.84. The maximum atomic E-state index is 5.66. The maximum absolute atomic E-state index is 5.66. The van der Waals surface area contributed by atoms with Crippen LogP contribution in [0.4, 0.5) is 11.8 Å². The Labute approximate surface area is 101 Å². The van der Waals surface area contributed by atoms with Crippen LogP contribution in [0.3, 0.4) is 0 Å². The molecule has 0 spiro atoms. The lowest BCUT2D eigenvalue weighted by atomic mass is 10.1. The van der Waals surface area contributed by atoms with E-state index in [9.17, 15) is 0 Å². The molecule has 2 aromatic rings. The van der Waals surface area contributed by atoms with Gasteiger partial charge >= 0.3 is 0 Å². The van der Waals surface area contributed by atoms with E-state index in [1.807, 2.05) is 30.1 Å². The maximum Gasteiger partial charge on any atom is 0.227 e. The standard InChI is InChI=1S/C13H16N4/c1-10(11-6-4-3-5-7-11)17(2)13-15-9-8-12(14)16-13/h3-10H,1-2H3,(H2,14,15,16)/t10-/m1/s1. The lowest BCUT2D eigenvalue weighted by molar-refractivity contribution is 0.716. The number of rotatable bonds is 3. The molecular formula is C13H16N4. The van der Waals surface area contributed by atoms with Gasteiger partial charge in [0.15, 0.2) is 0 Å². The van der Waals surface area contributed by atoms with Gasteiger partial charge in [0.2, 0.25) is 5.95 Å². The van der Waals surface area contributed by atoms with Gasteiger partial charge < -0.3 is 10.6 Å². The molecule has 1 atom stereocenters. The third-order valence-corrected chi connectivity index (χ3v) is 2.84. The van der Waals surface area contributed by atoms with Crippen molar-refractivity contribution in [3.8, 4) is 0 Å². The first-order chi connectivity index (χ1) is 8.18. The number of nitrogens with zero attached hydrogens (tertiary/aromatic N) is 3. The fraction of sp³-hybridized carbons (Fsp3) is 0.231. The molecule has 0 saturated heterocycles. The van der Waals surface area contributed by atoms with Crippen LogP contribution in [0.1, 0.15) is 18.5 Å². The summed E-state index contributed by atoms with van der Waals surface area (Å²) < 4.78 is 0. The molecule has 0 unspecified atom stereocenters. The largest absolute Gasteiger partial charge is 0.384 e. The Kier molecular flexibility index (Phi) is 3.23. The Balaban J connectivity index is 2.23. The number of nitrogens with two attached hydrogens (primary N) is 1. The summed E-state index contributed by atoms with van der Waals surface area (Å²) in [5.41, 5.74) is 6.88. The molecule has 0 amide bonds.